The average molecular weight is 330 g/mol. The second-order valence-corrected chi connectivity index (χ2v) is 7.83. The van der Waals surface area contributed by atoms with Crippen molar-refractivity contribution < 1.29 is 14.3 Å². The second-order valence-electron chi connectivity index (χ2n) is 7.83. The fourth-order valence-corrected chi connectivity index (χ4v) is 3.27. The van der Waals surface area contributed by atoms with Gasteiger partial charge in [0.25, 0.3) is 0 Å². The summed E-state index contributed by atoms with van der Waals surface area (Å²) < 4.78 is 11.5. The van der Waals surface area contributed by atoms with E-state index in [1.807, 2.05) is 52.9 Å². The highest BCUT2D eigenvalue weighted by molar-refractivity contribution is 5.83. The van der Waals surface area contributed by atoms with Crippen molar-refractivity contribution in [2.24, 2.45) is 0 Å². The van der Waals surface area contributed by atoms with E-state index in [1.54, 1.807) is 4.90 Å². The van der Waals surface area contributed by atoms with Crippen LogP contribution in [0.1, 0.15) is 40.2 Å². The van der Waals surface area contributed by atoms with Gasteiger partial charge in [0.05, 0.1) is 12.6 Å². The average Bonchev–Trinajstić information content (AvgIpc) is 2.99. The van der Waals surface area contributed by atoms with Crippen LogP contribution in [0.3, 0.4) is 0 Å². The molecule has 1 aliphatic rings. The van der Waals surface area contributed by atoms with Gasteiger partial charge in [-0.15, -0.1) is 0 Å². The summed E-state index contributed by atoms with van der Waals surface area (Å²) in [6, 6.07) is 8.14. The maximum absolute atomic E-state index is 12.7. The zero-order valence-corrected chi connectivity index (χ0v) is 15.1. The number of aromatic amines is 1. The molecule has 1 unspecified atom stereocenters. The van der Waals surface area contributed by atoms with Gasteiger partial charge >= 0.3 is 6.09 Å². The molecule has 1 N–H and O–H groups in total. The van der Waals surface area contributed by atoms with Gasteiger partial charge in [0.2, 0.25) is 0 Å². The number of hydrogen-bond acceptors (Lipinski definition) is 3. The molecule has 0 saturated carbocycles. The first kappa shape index (κ1) is 16.8. The minimum Gasteiger partial charge on any atom is -0.444 e. The molecule has 0 spiro atoms. The van der Waals surface area contributed by atoms with E-state index in [-0.39, 0.29) is 12.1 Å². The van der Waals surface area contributed by atoms with Crippen molar-refractivity contribution in [1.29, 1.82) is 0 Å². The largest absolute Gasteiger partial charge is 0.444 e. The van der Waals surface area contributed by atoms with Crippen LogP contribution < -0.4 is 0 Å². The molecule has 0 radical (unpaired) electrons. The number of benzene rings is 1. The molecule has 1 aliphatic heterocycles. The Morgan fingerprint density at radius 2 is 2.08 bits per heavy atom. The molecule has 2 aromatic rings. The molecule has 1 atom stereocenters. The maximum atomic E-state index is 12.7. The number of nitrogens with one attached hydrogen (secondary N) is 1. The first-order valence-corrected chi connectivity index (χ1v) is 8.39. The lowest BCUT2D eigenvalue weighted by Gasteiger charge is -2.35. The van der Waals surface area contributed by atoms with Crippen molar-refractivity contribution in [2.75, 3.05) is 6.61 Å². The van der Waals surface area contributed by atoms with Crippen LogP contribution in [0.5, 0.6) is 0 Å². The second kappa shape index (κ2) is 5.81. The molecule has 5 heteroatoms. The number of carbonyl (C=O) groups is 1. The van der Waals surface area contributed by atoms with Gasteiger partial charge in [-0.25, -0.2) is 4.79 Å². The monoisotopic (exact) mass is 330 g/mol. The third kappa shape index (κ3) is 3.26. The van der Waals surface area contributed by atoms with Crippen LogP contribution in [-0.2, 0) is 15.9 Å². The van der Waals surface area contributed by atoms with Crippen LogP contribution in [-0.4, -0.2) is 40.0 Å². The minimum atomic E-state index is -0.668. The third-order valence-corrected chi connectivity index (χ3v) is 4.29. The SMILES string of the molecule is CC(C)(C)OC(=O)N1C(Cc2c[nH]c3ccccc23)COC1(C)C. The van der Waals surface area contributed by atoms with Gasteiger partial charge in [0.1, 0.15) is 11.3 Å². The first-order valence-electron chi connectivity index (χ1n) is 8.39. The Bertz CT molecular complexity index is 742. The molecule has 24 heavy (non-hydrogen) atoms. The van der Waals surface area contributed by atoms with E-state index in [0.717, 1.165) is 11.9 Å². The van der Waals surface area contributed by atoms with Crippen molar-refractivity contribution in [3.05, 3.63) is 36.0 Å². The van der Waals surface area contributed by atoms with E-state index < -0.39 is 11.3 Å². The highest BCUT2D eigenvalue weighted by Gasteiger charge is 2.45. The van der Waals surface area contributed by atoms with Crippen LogP contribution in [0.4, 0.5) is 4.79 Å². The number of para-hydroxylation sites is 1. The number of fused-ring (bicyclic) bond motifs is 1. The summed E-state index contributed by atoms with van der Waals surface area (Å²) in [6.07, 6.45) is 2.42. The number of amides is 1. The van der Waals surface area contributed by atoms with Crippen molar-refractivity contribution in [3.8, 4) is 0 Å². The summed E-state index contributed by atoms with van der Waals surface area (Å²) in [5, 5.41) is 1.19. The van der Waals surface area contributed by atoms with Gasteiger partial charge in [-0.2, -0.15) is 0 Å². The van der Waals surface area contributed by atoms with Crippen molar-refractivity contribution in [1.82, 2.24) is 9.88 Å². The van der Waals surface area contributed by atoms with Gasteiger partial charge in [0, 0.05) is 17.1 Å². The van der Waals surface area contributed by atoms with Crippen LogP contribution in [0, 0.1) is 0 Å². The Balaban J connectivity index is 1.85. The van der Waals surface area contributed by atoms with E-state index in [4.69, 9.17) is 9.47 Å². The number of H-pyrrole nitrogens is 1. The first-order chi connectivity index (χ1) is 11.2. The number of hydrogen-bond donors (Lipinski definition) is 1. The minimum absolute atomic E-state index is 0.0472. The molecule has 2 heterocycles. The normalized spacial score (nSPS) is 20.5. The number of aromatic nitrogens is 1. The Labute approximate surface area is 142 Å². The Kier molecular flexibility index (Phi) is 4.08. The zero-order valence-electron chi connectivity index (χ0n) is 15.1. The number of carbonyl (C=O) groups excluding carboxylic acids is 1. The molecular weight excluding hydrogens is 304 g/mol. The summed E-state index contributed by atoms with van der Waals surface area (Å²) in [7, 11) is 0. The van der Waals surface area contributed by atoms with Crippen LogP contribution in [0.15, 0.2) is 30.5 Å². The van der Waals surface area contributed by atoms with Crippen molar-refractivity contribution in [3.63, 3.8) is 0 Å². The summed E-state index contributed by atoms with van der Waals surface area (Å²) >= 11 is 0. The third-order valence-electron chi connectivity index (χ3n) is 4.29. The van der Waals surface area contributed by atoms with Gasteiger partial charge < -0.3 is 14.5 Å². The summed E-state index contributed by atoms with van der Waals surface area (Å²) in [6.45, 7) is 9.96. The predicted octanol–water partition coefficient (Wildman–Crippen LogP) is 4.08. The van der Waals surface area contributed by atoms with E-state index >= 15 is 0 Å². The summed E-state index contributed by atoms with van der Waals surface area (Å²) in [4.78, 5) is 17.7. The van der Waals surface area contributed by atoms with E-state index in [2.05, 4.69) is 17.1 Å². The molecule has 1 aromatic carbocycles. The predicted molar refractivity (Wildman–Crippen MR) is 93.9 cm³/mol. The van der Waals surface area contributed by atoms with Crippen LogP contribution in [0.2, 0.25) is 0 Å². The summed E-state index contributed by atoms with van der Waals surface area (Å²) in [5.41, 5.74) is 1.10. The lowest BCUT2D eigenvalue weighted by molar-refractivity contribution is -0.0623. The smallest absolute Gasteiger partial charge is 0.412 e. The quantitative estimate of drug-likeness (QED) is 0.902. The molecule has 5 nitrogen and oxygen atoms in total. The Morgan fingerprint density at radius 3 is 2.79 bits per heavy atom. The fraction of sp³-hybridized carbons (Fsp3) is 0.526. The topological polar surface area (TPSA) is 54.6 Å². The molecule has 3 rings (SSSR count). The van der Waals surface area contributed by atoms with Gasteiger partial charge in [-0.3, -0.25) is 4.90 Å². The standard InChI is InChI=1S/C19H26N2O3/c1-18(2,3)24-17(22)21-14(12-23-19(21,4)5)10-13-11-20-16-9-7-6-8-15(13)16/h6-9,11,14,20H,10,12H2,1-5H3. The molecule has 1 fully saturated rings. The van der Waals surface area contributed by atoms with E-state index in [9.17, 15) is 4.79 Å². The Morgan fingerprint density at radius 1 is 1.38 bits per heavy atom. The molecule has 0 bridgehead atoms. The van der Waals surface area contributed by atoms with Crippen molar-refractivity contribution >= 4 is 17.0 Å². The van der Waals surface area contributed by atoms with Crippen LogP contribution >= 0.6 is 0 Å². The fourth-order valence-electron chi connectivity index (χ4n) is 3.27. The Hall–Kier alpha value is -2.01. The molecule has 0 aliphatic carbocycles. The maximum Gasteiger partial charge on any atom is 0.412 e. The molecule has 1 amide bonds. The number of rotatable bonds is 2. The van der Waals surface area contributed by atoms with Crippen LogP contribution in [0.25, 0.3) is 10.9 Å². The van der Waals surface area contributed by atoms with Gasteiger partial charge in [-0.05, 0) is 52.7 Å². The lowest BCUT2D eigenvalue weighted by atomic mass is 10.0. The molecule has 1 saturated heterocycles. The number of ether oxygens (including phenoxy) is 2. The molecule has 1 aromatic heterocycles. The summed E-state index contributed by atoms with van der Waals surface area (Å²) in [5.74, 6) is 0. The highest BCUT2D eigenvalue weighted by Crippen LogP contribution is 2.32. The lowest BCUT2D eigenvalue weighted by Crippen LogP contribution is -2.50. The zero-order chi connectivity index (χ0) is 17.5. The molecule has 130 valence electrons. The highest BCUT2D eigenvalue weighted by atomic mass is 16.6. The van der Waals surface area contributed by atoms with Crippen molar-refractivity contribution in [2.45, 2.75) is 58.4 Å². The van der Waals surface area contributed by atoms with E-state index in [1.165, 1.54) is 10.9 Å². The molecular formula is C19H26N2O3. The number of nitrogens with zero attached hydrogens (tertiary/aromatic N) is 1. The van der Waals surface area contributed by atoms with Gasteiger partial charge in [0.15, 0.2) is 0 Å². The van der Waals surface area contributed by atoms with E-state index in [0.29, 0.717) is 6.61 Å². The van der Waals surface area contributed by atoms with Gasteiger partial charge in [-0.1, -0.05) is 18.2 Å².